The first-order chi connectivity index (χ1) is 10.9. The molecule has 23 heavy (non-hydrogen) atoms. The summed E-state index contributed by atoms with van der Waals surface area (Å²) >= 11 is 0. The highest BCUT2D eigenvalue weighted by atomic mass is 16.5. The van der Waals surface area contributed by atoms with E-state index in [0.29, 0.717) is 25.0 Å². The summed E-state index contributed by atoms with van der Waals surface area (Å²) in [5.41, 5.74) is -1.10. The van der Waals surface area contributed by atoms with Gasteiger partial charge in [0.05, 0.1) is 13.5 Å². The molecule has 6 nitrogen and oxygen atoms in total. The fourth-order valence-electron chi connectivity index (χ4n) is 1.94. The molecule has 0 unspecified atom stereocenters. The molecule has 0 spiro atoms. The van der Waals surface area contributed by atoms with Gasteiger partial charge < -0.3 is 14.3 Å². The largest absolute Gasteiger partial charge is 0.507 e. The number of aryl methyl sites for hydroxylation is 1. The summed E-state index contributed by atoms with van der Waals surface area (Å²) < 4.78 is 9.59. The average molecular weight is 322 g/mol. The number of Topliss-reactive ketones (excluding diaryl/α,β-unsaturated/α-hetero) is 1. The number of methoxy groups -OCH3 is 1. The van der Waals surface area contributed by atoms with Crippen molar-refractivity contribution < 1.29 is 23.8 Å². The Morgan fingerprint density at radius 2 is 2.04 bits per heavy atom. The van der Waals surface area contributed by atoms with Crippen LogP contribution in [-0.4, -0.2) is 24.0 Å². The van der Waals surface area contributed by atoms with Gasteiger partial charge >= 0.3 is 11.6 Å². The zero-order valence-electron chi connectivity index (χ0n) is 13.6. The molecule has 0 saturated heterocycles. The van der Waals surface area contributed by atoms with Crippen molar-refractivity contribution in [1.82, 2.24) is 0 Å². The van der Waals surface area contributed by atoms with E-state index in [0.717, 1.165) is 0 Å². The van der Waals surface area contributed by atoms with Crippen LogP contribution in [0.3, 0.4) is 0 Å². The van der Waals surface area contributed by atoms with Crippen LogP contribution in [0.1, 0.15) is 49.2 Å². The predicted molar refractivity (Wildman–Crippen MR) is 84.5 cm³/mol. The summed E-state index contributed by atoms with van der Waals surface area (Å²) in [6, 6.07) is 1.31. The monoisotopic (exact) mass is 322 g/mol. The molecule has 0 aliphatic carbocycles. The van der Waals surface area contributed by atoms with Gasteiger partial charge in [0.15, 0.2) is 5.78 Å². The molecule has 6 heteroatoms. The predicted octanol–water partition coefficient (Wildman–Crippen LogP) is 2.63. The molecule has 0 fully saturated rings. The maximum absolute atomic E-state index is 11.8. The molecule has 0 saturated carbocycles. The highest BCUT2D eigenvalue weighted by Gasteiger charge is 2.21. The van der Waals surface area contributed by atoms with Crippen molar-refractivity contribution in [3.63, 3.8) is 0 Å². The number of aromatic hydroxyl groups is 1. The summed E-state index contributed by atoms with van der Waals surface area (Å²) in [4.78, 5) is 34.6. The molecule has 1 rings (SSSR count). The van der Waals surface area contributed by atoms with E-state index in [-0.39, 0.29) is 23.7 Å². The number of hydrogen-bond acceptors (Lipinski definition) is 6. The van der Waals surface area contributed by atoms with E-state index in [2.05, 4.69) is 4.74 Å². The first-order valence-electron chi connectivity index (χ1n) is 7.48. The molecule has 0 bridgehead atoms. The number of allylic oxidation sites excluding steroid dienone is 1. The fourth-order valence-corrected chi connectivity index (χ4v) is 1.94. The molecule has 0 radical (unpaired) electrons. The van der Waals surface area contributed by atoms with Crippen LogP contribution < -0.4 is 5.63 Å². The molecule has 1 aromatic heterocycles. The lowest BCUT2D eigenvalue weighted by Gasteiger charge is -2.06. The minimum absolute atomic E-state index is 0.221. The molecule has 1 heterocycles. The third-order valence-corrected chi connectivity index (χ3v) is 3.23. The lowest BCUT2D eigenvalue weighted by Crippen LogP contribution is -2.19. The maximum Gasteiger partial charge on any atom is 0.350 e. The first-order valence-corrected chi connectivity index (χ1v) is 7.48. The summed E-state index contributed by atoms with van der Waals surface area (Å²) in [5.74, 6) is -1.14. The smallest absolute Gasteiger partial charge is 0.350 e. The Balaban J connectivity index is 2.62. The molecule has 0 aliphatic rings. The molecule has 0 amide bonds. The quantitative estimate of drug-likeness (QED) is 0.342. The summed E-state index contributed by atoms with van der Waals surface area (Å²) in [7, 11) is 1.33. The Bertz CT molecular complexity index is 639. The highest BCUT2D eigenvalue weighted by molar-refractivity contribution is 5.99. The zero-order chi connectivity index (χ0) is 17.4. The van der Waals surface area contributed by atoms with Crippen molar-refractivity contribution in [2.24, 2.45) is 5.92 Å². The van der Waals surface area contributed by atoms with Crippen LogP contribution in [0.2, 0.25) is 0 Å². The Kier molecular flexibility index (Phi) is 7.25. The summed E-state index contributed by atoms with van der Waals surface area (Å²) in [6.07, 6.45) is 5.58. The van der Waals surface area contributed by atoms with Crippen LogP contribution in [0.4, 0.5) is 0 Å². The highest BCUT2D eigenvalue weighted by Crippen LogP contribution is 2.19. The molecule has 0 aliphatic heterocycles. The molecule has 1 N–H and O–H groups in total. The van der Waals surface area contributed by atoms with Gasteiger partial charge in [0.2, 0.25) is 0 Å². The van der Waals surface area contributed by atoms with E-state index in [9.17, 15) is 19.5 Å². The number of rotatable bonds is 8. The number of unbranched alkanes of at least 4 members (excludes halogenated alkanes) is 1. The molecule has 0 aromatic carbocycles. The van der Waals surface area contributed by atoms with Crippen LogP contribution in [0.5, 0.6) is 5.75 Å². The van der Waals surface area contributed by atoms with E-state index in [1.165, 1.54) is 13.2 Å². The van der Waals surface area contributed by atoms with Crippen molar-refractivity contribution in [1.29, 1.82) is 0 Å². The van der Waals surface area contributed by atoms with Crippen LogP contribution in [0, 0.1) is 5.92 Å². The van der Waals surface area contributed by atoms with Gasteiger partial charge in [0, 0.05) is 18.4 Å². The fraction of sp³-hybridized carbons (Fsp3) is 0.471. The third kappa shape index (κ3) is 5.73. The van der Waals surface area contributed by atoms with Crippen molar-refractivity contribution in [2.45, 2.75) is 39.5 Å². The normalized spacial score (nSPS) is 11.1. The van der Waals surface area contributed by atoms with Crippen molar-refractivity contribution in [3.05, 3.63) is 40.0 Å². The topological polar surface area (TPSA) is 93.8 Å². The second-order valence-corrected chi connectivity index (χ2v) is 5.42. The average Bonchev–Trinajstić information content (AvgIpc) is 2.49. The molecule has 126 valence electrons. The summed E-state index contributed by atoms with van der Waals surface area (Å²) in [5, 5.41) is 9.87. The second-order valence-electron chi connectivity index (χ2n) is 5.42. The van der Waals surface area contributed by atoms with E-state index < -0.39 is 17.3 Å². The number of hydrogen-bond donors (Lipinski definition) is 1. The van der Waals surface area contributed by atoms with Crippen LogP contribution in [0.25, 0.3) is 0 Å². The van der Waals surface area contributed by atoms with Gasteiger partial charge in [-0.05, 0) is 12.8 Å². The first kappa shape index (κ1) is 18.7. The molecular formula is C17H22O6. The number of ketones is 1. The van der Waals surface area contributed by atoms with Gasteiger partial charge in [-0.2, -0.15) is 0 Å². The molecule has 0 atom stereocenters. The number of ether oxygens (including phenoxy) is 1. The third-order valence-electron chi connectivity index (χ3n) is 3.23. The minimum Gasteiger partial charge on any atom is -0.507 e. The van der Waals surface area contributed by atoms with Gasteiger partial charge in [-0.3, -0.25) is 9.59 Å². The van der Waals surface area contributed by atoms with E-state index in [1.54, 1.807) is 19.9 Å². The minimum atomic E-state index is -0.806. The zero-order valence-corrected chi connectivity index (χ0v) is 13.6. The maximum atomic E-state index is 11.8. The lowest BCUT2D eigenvalue weighted by molar-refractivity contribution is -0.139. The van der Waals surface area contributed by atoms with E-state index in [4.69, 9.17) is 4.42 Å². The van der Waals surface area contributed by atoms with Crippen molar-refractivity contribution in [3.8, 4) is 5.75 Å². The number of esters is 1. The van der Waals surface area contributed by atoms with Gasteiger partial charge in [-0.25, -0.2) is 4.79 Å². The summed E-state index contributed by atoms with van der Waals surface area (Å²) in [6.45, 7) is 3.30. The van der Waals surface area contributed by atoms with Crippen LogP contribution >= 0.6 is 0 Å². The van der Waals surface area contributed by atoms with E-state index in [1.807, 2.05) is 6.08 Å². The molecule has 1 aromatic rings. The SMILES string of the molecule is COC(=O)C/C=C/CCCc1cc(O)c(C(=O)C(C)C)c(=O)o1. The van der Waals surface area contributed by atoms with Crippen LogP contribution in [-0.2, 0) is 16.0 Å². The Hall–Kier alpha value is -2.37. The van der Waals surface area contributed by atoms with E-state index >= 15 is 0 Å². The molecular weight excluding hydrogens is 300 g/mol. The Morgan fingerprint density at radius 1 is 1.35 bits per heavy atom. The van der Waals surface area contributed by atoms with Gasteiger partial charge in [0.25, 0.3) is 0 Å². The lowest BCUT2D eigenvalue weighted by atomic mass is 10.0. The standard InChI is InChI=1S/C17H22O6/c1-11(2)16(20)15-13(18)10-12(23-17(15)21)8-6-4-5-7-9-14(19)22-3/h5,7,10-11,18H,4,6,8-9H2,1-3H3/b7-5+. The van der Waals surface area contributed by atoms with Crippen LogP contribution in [0.15, 0.2) is 27.4 Å². The Morgan fingerprint density at radius 3 is 2.61 bits per heavy atom. The van der Waals surface area contributed by atoms with Gasteiger partial charge in [-0.1, -0.05) is 26.0 Å². The van der Waals surface area contributed by atoms with Crippen molar-refractivity contribution >= 4 is 11.8 Å². The van der Waals surface area contributed by atoms with Gasteiger partial charge in [-0.15, -0.1) is 0 Å². The van der Waals surface area contributed by atoms with Gasteiger partial charge in [0.1, 0.15) is 17.1 Å². The number of carbonyl (C=O) groups is 2. The number of carbonyl (C=O) groups excluding carboxylic acids is 2. The van der Waals surface area contributed by atoms with Crippen molar-refractivity contribution in [2.75, 3.05) is 7.11 Å². The second kappa shape index (κ2) is 8.92. The Labute approximate surface area is 134 Å².